The Morgan fingerprint density at radius 3 is 3.00 bits per heavy atom. The Balaban J connectivity index is 1.22. The van der Waals surface area contributed by atoms with Crippen molar-refractivity contribution in [1.29, 1.82) is 0 Å². The molecule has 160 valence electrons. The summed E-state index contributed by atoms with van der Waals surface area (Å²) in [6, 6.07) is 6.61. The van der Waals surface area contributed by atoms with Crippen LogP contribution in [0.25, 0.3) is 0 Å². The van der Waals surface area contributed by atoms with Crippen molar-refractivity contribution in [3.05, 3.63) is 46.8 Å². The predicted octanol–water partition coefficient (Wildman–Crippen LogP) is 2.24. The van der Waals surface area contributed by atoms with E-state index in [2.05, 4.69) is 33.3 Å². The third kappa shape index (κ3) is 4.09. The molecule has 1 atom stereocenters. The standard InChI is InChI=1S/C23H30N4O3/c28-23(27-9-12-29-13-10-27)20-15-24-25-22(20)19-2-1-7-26(16-19)8-5-17-3-4-21-18(14-17)6-11-30-21/h3-4,14-15,19H,1-2,5-13,16H2,(H,24,25). The van der Waals surface area contributed by atoms with Gasteiger partial charge in [0.05, 0.1) is 37.3 Å². The Labute approximate surface area is 177 Å². The largest absolute Gasteiger partial charge is 0.493 e. The summed E-state index contributed by atoms with van der Waals surface area (Å²) in [5.74, 6) is 1.46. The van der Waals surface area contributed by atoms with E-state index in [-0.39, 0.29) is 5.91 Å². The highest BCUT2D eigenvalue weighted by atomic mass is 16.5. The number of likely N-dealkylation sites (tertiary alicyclic amines) is 1. The lowest BCUT2D eigenvalue weighted by Gasteiger charge is -2.33. The number of aromatic amines is 1. The molecule has 3 aliphatic rings. The van der Waals surface area contributed by atoms with Crippen LogP contribution in [0.1, 0.15) is 45.9 Å². The fourth-order valence-corrected chi connectivity index (χ4v) is 4.89. The predicted molar refractivity (Wildman–Crippen MR) is 113 cm³/mol. The van der Waals surface area contributed by atoms with E-state index in [4.69, 9.17) is 9.47 Å². The molecule has 1 N–H and O–H groups in total. The molecule has 3 aliphatic heterocycles. The zero-order valence-corrected chi connectivity index (χ0v) is 17.4. The molecule has 7 heteroatoms. The first kappa shape index (κ1) is 19.6. The maximum Gasteiger partial charge on any atom is 0.257 e. The summed E-state index contributed by atoms with van der Waals surface area (Å²) < 4.78 is 11.0. The molecule has 7 nitrogen and oxygen atoms in total. The first-order valence-electron chi connectivity index (χ1n) is 11.1. The monoisotopic (exact) mass is 410 g/mol. The molecule has 1 unspecified atom stereocenters. The number of ether oxygens (including phenoxy) is 2. The van der Waals surface area contributed by atoms with Gasteiger partial charge in [-0.2, -0.15) is 5.10 Å². The van der Waals surface area contributed by atoms with Crippen molar-refractivity contribution in [2.24, 2.45) is 0 Å². The van der Waals surface area contributed by atoms with E-state index >= 15 is 0 Å². The zero-order valence-electron chi connectivity index (χ0n) is 17.4. The highest BCUT2D eigenvalue weighted by molar-refractivity contribution is 5.95. The van der Waals surface area contributed by atoms with Gasteiger partial charge in [0.2, 0.25) is 0 Å². The molecule has 30 heavy (non-hydrogen) atoms. The molecular formula is C23H30N4O3. The van der Waals surface area contributed by atoms with Crippen molar-refractivity contribution in [2.75, 3.05) is 52.5 Å². The number of amides is 1. The van der Waals surface area contributed by atoms with Crippen LogP contribution in [0.15, 0.2) is 24.4 Å². The molecule has 1 aromatic heterocycles. The molecule has 0 spiro atoms. The molecule has 0 bridgehead atoms. The summed E-state index contributed by atoms with van der Waals surface area (Å²) in [7, 11) is 0. The molecule has 4 heterocycles. The van der Waals surface area contributed by atoms with Crippen molar-refractivity contribution >= 4 is 5.91 Å². The van der Waals surface area contributed by atoms with E-state index in [1.165, 1.54) is 11.1 Å². The average Bonchev–Trinajstić information content (AvgIpc) is 3.47. The molecule has 0 aliphatic carbocycles. The van der Waals surface area contributed by atoms with Gasteiger partial charge in [-0.25, -0.2) is 0 Å². The Hall–Kier alpha value is -2.38. The number of carbonyl (C=O) groups excluding carboxylic acids is 1. The molecule has 5 rings (SSSR count). The Bertz CT molecular complexity index is 890. The van der Waals surface area contributed by atoms with Gasteiger partial charge in [0.15, 0.2) is 0 Å². The van der Waals surface area contributed by atoms with Gasteiger partial charge in [0, 0.05) is 38.5 Å². The van der Waals surface area contributed by atoms with E-state index in [1.54, 1.807) is 6.20 Å². The number of hydrogen-bond acceptors (Lipinski definition) is 5. The van der Waals surface area contributed by atoms with Gasteiger partial charge in [-0.05, 0) is 43.0 Å². The average molecular weight is 411 g/mol. The first-order valence-corrected chi connectivity index (χ1v) is 11.1. The van der Waals surface area contributed by atoms with Crippen LogP contribution in [-0.4, -0.2) is 78.4 Å². The van der Waals surface area contributed by atoms with E-state index in [0.717, 1.165) is 68.9 Å². The van der Waals surface area contributed by atoms with Gasteiger partial charge >= 0.3 is 0 Å². The normalized spacial score (nSPS) is 22.0. The smallest absolute Gasteiger partial charge is 0.257 e. The maximum absolute atomic E-state index is 13.0. The first-order chi connectivity index (χ1) is 14.8. The highest BCUT2D eigenvalue weighted by Gasteiger charge is 2.29. The van der Waals surface area contributed by atoms with Crippen molar-refractivity contribution < 1.29 is 14.3 Å². The van der Waals surface area contributed by atoms with Crippen molar-refractivity contribution in [3.8, 4) is 5.75 Å². The van der Waals surface area contributed by atoms with Gasteiger partial charge in [-0.3, -0.25) is 9.89 Å². The van der Waals surface area contributed by atoms with Gasteiger partial charge in [-0.1, -0.05) is 12.1 Å². The number of rotatable bonds is 5. The zero-order chi connectivity index (χ0) is 20.3. The van der Waals surface area contributed by atoms with Crippen molar-refractivity contribution in [1.82, 2.24) is 20.0 Å². The number of aromatic nitrogens is 2. The topological polar surface area (TPSA) is 70.7 Å². The van der Waals surface area contributed by atoms with Crippen molar-refractivity contribution in [3.63, 3.8) is 0 Å². The van der Waals surface area contributed by atoms with Gasteiger partial charge in [0.25, 0.3) is 5.91 Å². The van der Waals surface area contributed by atoms with Crippen molar-refractivity contribution in [2.45, 2.75) is 31.6 Å². The van der Waals surface area contributed by atoms with Crippen LogP contribution in [0.3, 0.4) is 0 Å². The van der Waals surface area contributed by atoms with E-state index in [9.17, 15) is 4.79 Å². The summed E-state index contributed by atoms with van der Waals surface area (Å²) >= 11 is 0. The molecule has 1 aromatic carbocycles. The number of morpholine rings is 1. The Morgan fingerprint density at radius 2 is 2.10 bits per heavy atom. The molecule has 1 amide bonds. The number of fused-ring (bicyclic) bond motifs is 1. The highest BCUT2D eigenvalue weighted by Crippen LogP contribution is 2.29. The third-order valence-corrected chi connectivity index (χ3v) is 6.58. The van der Waals surface area contributed by atoms with Crippen LogP contribution < -0.4 is 4.74 Å². The van der Waals surface area contributed by atoms with Crippen LogP contribution in [-0.2, 0) is 17.6 Å². The maximum atomic E-state index is 13.0. The van der Waals surface area contributed by atoms with Gasteiger partial charge in [-0.15, -0.1) is 0 Å². The lowest BCUT2D eigenvalue weighted by molar-refractivity contribution is 0.0301. The van der Waals surface area contributed by atoms with E-state index in [0.29, 0.717) is 32.2 Å². The Morgan fingerprint density at radius 1 is 1.20 bits per heavy atom. The minimum absolute atomic E-state index is 0.0829. The Kier molecular flexibility index (Phi) is 5.73. The molecule has 0 radical (unpaired) electrons. The van der Waals surface area contributed by atoms with Crippen LogP contribution in [0, 0.1) is 0 Å². The lowest BCUT2D eigenvalue weighted by Crippen LogP contribution is -2.41. The van der Waals surface area contributed by atoms with Crippen LogP contribution in [0.2, 0.25) is 0 Å². The van der Waals surface area contributed by atoms with Crippen LogP contribution in [0.5, 0.6) is 5.75 Å². The minimum Gasteiger partial charge on any atom is -0.493 e. The molecule has 0 saturated carbocycles. The fraction of sp³-hybridized carbons (Fsp3) is 0.565. The molecule has 2 aromatic rings. The molecule has 2 fully saturated rings. The summed E-state index contributed by atoms with van der Waals surface area (Å²) in [4.78, 5) is 17.4. The number of benzene rings is 1. The summed E-state index contributed by atoms with van der Waals surface area (Å²) in [6.07, 6.45) is 6.02. The van der Waals surface area contributed by atoms with E-state index < -0.39 is 0 Å². The number of carbonyl (C=O) groups is 1. The number of H-pyrrole nitrogens is 1. The number of nitrogens with one attached hydrogen (secondary N) is 1. The van der Waals surface area contributed by atoms with Gasteiger partial charge < -0.3 is 19.3 Å². The second kappa shape index (κ2) is 8.78. The third-order valence-electron chi connectivity index (χ3n) is 6.58. The number of hydrogen-bond donors (Lipinski definition) is 1. The quantitative estimate of drug-likeness (QED) is 0.819. The SMILES string of the molecule is O=C(c1cn[nH]c1C1CCCN(CCc2ccc3c(c2)CCO3)C1)N1CCOCC1. The second-order valence-electron chi connectivity index (χ2n) is 8.53. The minimum atomic E-state index is 0.0829. The van der Waals surface area contributed by atoms with E-state index in [1.807, 2.05) is 4.90 Å². The van der Waals surface area contributed by atoms with Gasteiger partial charge in [0.1, 0.15) is 5.75 Å². The number of piperidine rings is 1. The second-order valence-corrected chi connectivity index (χ2v) is 8.53. The molecule has 2 saturated heterocycles. The fourth-order valence-electron chi connectivity index (χ4n) is 4.89. The number of nitrogens with zero attached hydrogens (tertiary/aromatic N) is 3. The van der Waals surface area contributed by atoms with Crippen LogP contribution >= 0.6 is 0 Å². The van der Waals surface area contributed by atoms with Crippen LogP contribution in [0.4, 0.5) is 0 Å². The lowest BCUT2D eigenvalue weighted by atomic mass is 9.92. The molecular weight excluding hydrogens is 380 g/mol. The summed E-state index contributed by atoms with van der Waals surface area (Å²) in [5.41, 5.74) is 4.46. The summed E-state index contributed by atoms with van der Waals surface area (Å²) in [5, 5.41) is 7.38. The summed E-state index contributed by atoms with van der Waals surface area (Å²) in [6.45, 7) is 6.48.